The lowest BCUT2D eigenvalue weighted by molar-refractivity contribution is -0.140. The van der Waals surface area contributed by atoms with Gasteiger partial charge in [-0.15, -0.1) is 12.4 Å². The van der Waals surface area contributed by atoms with E-state index in [1.807, 2.05) is 0 Å². The van der Waals surface area contributed by atoms with E-state index in [0.29, 0.717) is 5.56 Å². The number of carboxylic acids is 2. The van der Waals surface area contributed by atoms with Crippen molar-refractivity contribution in [2.75, 3.05) is 0 Å². The number of aliphatic carboxylic acids is 2. The van der Waals surface area contributed by atoms with Gasteiger partial charge in [0.1, 0.15) is 6.04 Å². The van der Waals surface area contributed by atoms with Crippen LogP contribution < -0.4 is 5.73 Å². The van der Waals surface area contributed by atoms with Gasteiger partial charge >= 0.3 is 11.9 Å². The predicted molar refractivity (Wildman–Crippen MR) is 64.3 cm³/mol. The monoisotopic (exact) mass is 259 g/mol. The van der Waals surface area contributed by atoms with E-state index in [4.69, 9.17) is 15.9 Å². The third-order valence-electron chi connectivity index (χ3n) is 2.34. The van der Waals surface area contributed by atoms with Crippen molar-refractivity contribution < 1.29 is 19.8 Å². The number of carbonyl (C=O) groups is 2. The zero-order chi connectivity index (χ0) is 12.1. The summed E-state index contributed by atoms with van der Waals surface area (Å²) in [6, 6.07) is 7.36. The molecular formula is C11H14ClNO4. The minimum Gasteiger partial charge on any atom is -0.481 e. The van der Waals surface area contributed by atoms with Crippen molar-refractivity contribution in [2.24, 2.45) is 5.73 Å². The number of nitrogens with two attached hydrogens (primary N) is 1. The van der Waals surface area contributed by atoms with E-state index in [2.05, 4.69) is 0 Å². The quantitative estimate of drug-likeness (QED) is 0.735. The molecule has 0 radical (unpaired) electrons. The van der Waals surface area contributed by atoms with Crippen LogP contribution in [-0.2, 0) is 9.59 Å². The Morgan fingerprint density at radius 1 is 1.18 bits per heavy atom. The Balaban J connectivity index is 0.00000256. The van der Waals surface area contributed by atoms with Crippen LogP contribution in [0.25, 0.3) is 0 Å². The molecule has 1 rings (SSSR count). The molecule has 1 aromatic rings. The Kier molecular flexibility index (Phi) is 6.23. The van der Waals surface area contributed by atoms with Crippen LogP contribution in [-0.4, -0.2) is 28.2 Å². The van der Waals surface area contributed by atoms with E-state index in [9.17, 15) is 9.59 Å². The molecule has 0 aliphatic rings. The highest BCUT2D eigenvalue weighted by Gasteiger charge is 2.27. The van der Waals surface area contributed by atoms with Gasteiger partial charge in [-0.2, -0.15) is 0 Å². The van der Waals surface area contributed by atoms with Gasteiger partial charge in [0.15, 0.2) is 0 Å². The van der Waals surface area contributed by atoms with E-state index in [1.165, 1.54) is 0 Å². The first-order valence-electron chi connectivity index (χ1n) is 4.77. The second kappa shape index (κ2) is 6.88. The molecule has 0 aliphatic carbocycles. The molecular weight excluding hydrogens is 246 g/mol. The average Bonchev–Trinajstić information content (AvgIpc) is 2.26. The van der Waals surface area contributed by atoms with Crippen molar-refractivity contribution in [2.45, 2.75) is 18.4 Å². The number of hydrogen-bond donors (Lipinski definition) is 3. The van der Waals surface area contributed by atoms with Gasteiger partial charge in [-0.25, -0.2) is 0 Å². The summed E-state index contributed by atoms with van der Waals surface area (Å²) in [7, 11) is 0. The summed E-state index contributed by atoms with van der Waals surface area (Å²) in [5, 5.41) is 17.5. The molecule has 0 amide bonds. The van der Waals surface area contributed by atoms with Crippen molar-refractivity contribution in [3.05, 3.63) is 35.9 Å². The van der Waals surface area contributed by atoms with Gasteiger partial charge in [0, 0.05) is 5.92 Å². The molecule has 0 spiro atoms. The lowest BCUT2D eigenvalue weighted by atomic mass is 9.89. The minimum absolute atomic E-state index is 0. The van der Waals surface area contributed by atoms with Gasteiger partial charge in [-0.3, -0.25) is 9.59 Å². The molecule has 0 fully saturated rings. The van der Waals surface area contributed by atoms with Gasteiger partial charge in [-0.1, -0.05) is 30.3 Å². The van der Waals surface area contributed by atoms with Crippen LogP contribution in [0.15, 0.2) is 30.3 Å². The zero-order valence-corrected chi connectivity index (χ0v) is 9.76. The molecule has 94 valence electrons. The molecule has 5 nitrogen and oxygen atoms in total. The molecule has 0 heterocycles. The molecule has 1 aromatic carbocycles. The number of benzene rings is 1. The van der Waals surface area contributed by atoms with Gasteiger partial charge in [0.25, 0.3) is 0 Å². The Labute approximate surface area is 105 Å². The second-order valence-electron chi connectivity index (χ2n) is 3.48. The number of hydrogen-bond acceptors (Lipinski definition) is 3. The molecule has 0 aromatic heterocycles. The van der Waals surface area contributed by atoms with E-state index in [-0.39, 0.29) is 18.8 Å². The molecule has 0 saturated carbocycles. The first-order chi connectivity index (χ1) is 7.52. The Bertz CT molecular complexity index is 382. The van der Waals surface area contributed by atoms with Crippen LogP contribution in [0.2, 0.25) is 0 Å². The summed E-state index contributed by atoms with van der Waals surface area (Å²) < 4.78 is 0. The highest BCUT2D eigenvalue weighted by atomic mass is 35.5. The lowest BCUT2D eigenvalue weighted by Crippen LogP contribution is -2.37. The molecule has 17 heavy (non-hydrogen) atoms. The SMILES string of the molecule is Cl.N[C@H](C(=O)O)C(CC(=O)O)c1ccccc1. The highest BCUT2D eigenvalue weighted by molar-refractivity contribution is 5.85. The Hall–Kier alpha value is -1.59. The van der Waals surface area contributed by atoms with Crippen molar-refractivity contribution in [1.82, 2.24) is 0 Å². The fraction of sp³-hybridized carbons (Fsp3) is 0.273. The summed E-state index contributed by atoms with van der Waals surface area (Å²) in [5.41, 5.74) is 6.10. The molecule has 4 N–H and O–H groups in total. The van der Waals surface area contributed by atoms with E-state index in [0.717, 1.165) is 0 Å². The molecule has 0 saturated heterocycles. The number of rotatable bonds is 5. The van der Waals surface area contributed by atoms with E-state index >= 15 is 0 Å². The lowest BCUT2D eigenvalue weighted by Gasteiger charge is -2.19. The van der Waals surface area contributed by atoms with Crippen LogP contribution in [0.3, 0.4) is 0 Å². The maximum atomic E-state index is 10.8. The smallest absolute Gasteiger partial charge is 0.321 e. The average molecular weight is 260 g/mol. The molecule has 2 atom stereocenters. The predicted octanol–water partition coefficient (Wildman–Crippen LogP) is 1.08. The van der Waals surface area contributed by atoms with Crippen LogP contribution in [0.4, 0.5) is 0 Å². The van der Waals surface area contributed by atoms with Crippen LogP contribution in [0, 0.1) is 0 Å². The summed E-state index contributed by atoms with van der Waals surface area (Å²) >= 11 is 0. The van der Waals surface area contributed by atoms with Crippen LogP contribution in [0.1, 0.15) is 17.9 Å². The Morgan fingerprint density at radius 2 is 1.71 bits per heavy atom. The van der Waals surface area contributed by atoms with E-state index in [1.54, 1.807) is 30.3 Å². The maximum absolute atomic E-state index is 10.8. The highest BCUT2D eigenvalue weighted by Crippen LogP contribution is 2.22. The third kappa shape index (κ3) is 4.42. The Morgan fingerprint density at radius 3 is 2.12 bits per heavy atom. The van der Waals surface area contributed by atoms with Gasteiger partial charge < -0.3 is 15.9 Å². The zero-order valence-electron chi connectivity index (χ0n) is 8.95. The largest absolute Gasteiger partial charge is 0.481 e. The molecule has 0 aliphatic heterocycles. The fourth-order valence-electron chi connectivity index (χ4n) is 1.51. The first-order valence-corrected chi connectivity index (χ1v) is 4.77. The molecule has 6 heteroatoms. The standard InChI is InChI=1S/C11H13NO4.ClH/c12-10(11(15)16)8(6-9(13)14)7-4-2-1-3-5-7;/h1-5,8,10H,6,12H2,(H,13,14)(H,15,16);1H/t8?,10-;/m0./s1. The minimum atomic E-state index is -1.21. The number of carboxylic acid groups (broad SMARTS) is 2. The summed E-state index contributed by atoms with van der Waals surface area (Å²) in [6.45, 7) is 0. The van der Waals surface area contributed by atoms with Crippen LogP contribution >= 0.6 is 12.4 Å². The molecule has 1 unspecified atom stereocenters. The van der Waals surface area contributed by atoms with Crippen molar-refractivity contribution in [3.8, 4) is 0 Å². The van der Waals surface area contributed by atoms with Gasteiger partial charge in [-0.05, 0) is 5.56 Å². The number of halogens is 1. The topological polar surface area (TPSA) is 101 Å². The van der Waals surface area contributed by atoms with Crippen molar-refractivity contribution >= 4 is 24.3 Å². The van der Waals surface area contributed by atoms with Crippen LogP contribution in [0.5, 0.6) is 0 Å². The fourth-order valence-corrected chi connectivity index (χ4v) is 1.51. The summed E-state index contributed by atoms with van der Waals surface area (Å²) in [6.07, 6.45) is -0.294. The van der Waals surface area contributed by atoms with Gasteiger partial charge in [0.05, 0.1) is 6.42 Å². The second-order valence-corrected chi connectivity index (χ2v) is 3.48. The normalized spacial score (nSPS) is 13.2. The maximum Gasteiger partial charge on any atom is 0.321 e. The van der Waals surface area contributed by atoms with E-state index < -0.39 is 23.9 Å². The van der Waals surface area contributed by atoms with Gasteiger partial charge in [0.2, 0.25) is 0 Å². The molecule has 0 bridgehead atoms. The summed E-state index contributed by atoms with van der Waals surface area (Å²) in [5.74, 6) is -2.98. The summed E-state index contributed by atoms with van der Waals surface area (Å²) in [4.78, 5) is 21.4. The van der Waals surface area contributed by atoms with Crippen molar-refractivity contribution in [3.63, 3.8) is 0 Å². The third-order valence-corrected chi connectivity index (χ3v) is 2.34. The van der Waals surface area contributed by atoms with Crippen molar-refractivity contribution in [1.29, 1.82) is 0 Å². The first kappa shape index (κ1) is 15.4.